The number of benzene rings is 2. The normalized spacial score (nSPS) is 14.0. The number of halogens is 2. The molecule has 2 aromatic carbocycles. The summed E-state index contributed by atoms with van der Waals surface area (Å²) in [4.78, 5) is 0. The molecule has 0 spiro atoms. The third kappa shape index (κ3) is 2.76. The number of allylic oxidation sites excluding steroid dienone is 4. The van der Waals surface area contributed by atoms with E-state index in [1.165, 1.54) is 22.3 Å². The zero-order chi connectivity index (χ0) is 13.5. The Morgan fingerprint density at radius 1 is 0.864 bits per heavy atom. The molecule has 110 valence electrons. The standard InChI is InChI=1S/C13H9.C5H5.CH2.2ClH.Zr/c1-3-7-12-10(5-1)9-11-6-2-4-8-13(11)12;1-2-4-5-3-1;;;;/h1-9H;1-3H,4H2;1H2;2*1H;/q;;;;;+2/p-2. The summed E-state index contributed by atoms with van der Waals surface area (Å²) in [6.45, 7) is 0. The summed E-state index contributed by atoms with van der Waals surface area (Å²) in [7, 11) is 0. The Bertz CT molecular complexity index is 729. The van der Waals surface area contributed by atoms with Gasteiger partial charge in [-0.15, -0.1) is 0 Å². The summed E-state index contributed by atoms with van der Waals surface area (Å²) in [5.74, 6) is 0. The summed E-state index contributed by atoms with van der Waals surface area (Å²) < 4.78 is 6.92. The first-order chi connectivity index (χ1) is 9.86. The van der Waals surface area contributed by atoms with Gasteiger partial charge in [0, 0.05) is 0 Å². The SMILES string of the molecule is [CH2]=[Zr+2]([C]1=CC=CC1)[CH]1c2ccccc2-c2ccccc21.[Cl-].[Cl-]. The molecule has 2 aliphatic rings. The van der Waals surface area contributed by atoms with Gasteiger partial charge in [-0.25, -0.2) is 0 Å². The zero-order valence-electron chi connectivity index (χ0n) is 12.1. The van der Waals surface area contributed by atoms with Crippen LogP contribution in [0.5, 0.6) is 0 Å². The van der Waals surface area contributed by atoms with E-state index in [0.717, 1.165) is 6.42 Å². The Labute approximate surface area is 151 Å². The van der Waals surface area contributed by atoms with Crippen LogP contribution in [0.15, 0.2) is 70.0 Å². The van der Waals surface area contributed by atoms with Crippen LogP contribution in [-0.2, 0) is 21.3 Å². The van der Waals surface area contributed by atoms with Gasteiger partial charge in [0.2, 0.25) is 0 Å². The van der Waals surface area contributed by atoms with E-state index in [2.05, 4.69) is 71.0 Å². The predicted molar refractivity (Wildman–Crippen MR) is 82.7 cm³/mol. The Hall–Kier alpha value is -0.747. The molecule has 0 amide bonds. The maximum atomic E-state index is 4.69. The molecule has 0 aromatic heterocycles. The van der Waals surface area contributed by atoms with E-state index >= 15 is 0 Å². The second-order valence-electron chi connectivity index (χ2n) is 5.46. The van der Waals surface area contributed by atoms with Crippen molar-refractivity contribution >= 4 is 4.21 Å². The molecule has 0 atom stereocenters. The summed E-state index contributed by atoms with van der Waals surface area (Å²) in [5.41, 5.74) is 5.90. The third-order valence-corrected chi connectivity index (χ3v) is 10.5. The van der Waals surface area contributed by atoms with E-state index in [1.807, 2.05) is 0 Å². The minimum atomic E-state index is -1.88. The molecule has 0 aliphatic heterocycles. The number of hydrogen-bond donors (Lipinski definition) is 0. The summed E-state index contributed by atoms with van der Waals surface area (Å²) in [6, 6.07) is 17.8. The first-order valence-corrected chi connectivity index (χ1v) is 11.5. The topological polar surface area (TPSA) is 0 Å². The van der Waals surface area contributed by atoms with Gasteiger partial charge in [0.25, 0.3) is 0 Å². The molecule has 0 unspecified atom stereocenters. The van der Waals surface area contributed by atoms with Gasteiger partial charge in [0.15, 0.2) is 0 Å². The largest absolute Gasteiger partial charge is 1.00 e. The maximum Gasteiger partial charge on any atom is -1.00 e. The molecule has 22 heavy (non-hydrogen) atoms. The minimum Gasteiger partial charge on any atom is -1.00 e. The van der Waals surface area contributed by atoms with Gasteiger partial charge < -0.3 is 24.8 Å². The van der Waals surface area contributed by atoms with Crippen molar-refractivity contribution in [3.05, 3.63) is 81.2 Å². The Morgan fingerprint density at radius 3 is 1.91 bits per heavy atom. The molecule has 0 bridgehead atoms. The fraction of sp³-hybridized carbons (Fsp3) is 0.105. The molecule has 0 nitrogen and oxygen atoms in total. The number of hydrogen-bond acceptors (Lipinski definition) is 0. The van der Waals surface area contributed by atoms with Gasteiger partial charge in [-0.05, 0) is 0 Å². The summed E-state index contributed by atoms with van der Waals surface area (Å²) in [6.07, 6.45) is 7.94. The Balaban J connectivity index is 0.000000882. The summed E-state index contributed by atoms with van der Waals surface area (Å²) in [5, 5.41) is 0. The second kappa shape index (κ2) is 7.22. The van der Waals surface area contributed by atoms with E-state index in [-0.39, 0.29) is 24.8 Å². The van der Waals surface area contributed by atoms with E-state index < -0.39 is 21.3 Å². The van der Waals surface area contributed by atoms with Gasteiger partial charge >= 0.3 is 128 Å². The van der Waals surface area contributed by atoms with Crippen LogP contribution in [0.1, 0.15) is 21.2 Å². The van der Waals surface area contributed by atoms with Crippen molar-refractivity contribution < 1.29 is 46.1 Å². The molecule has 2 aliphatic carbocycles. The molecule has 0 saturated heterocycles. The monoisotopic (exact) mass is 404 g/mol. The molecule has 2 aromatic rings. The van der Waals surface area contributed by atoms with Gasteiger partial charge in [0.1, 0.15) is 0 Å². The van der Waals surface area contributed by atoms with Crippen molar-refractivity contribution in [1.82, 2.24) is 0 Å². The van der Waals surface area contributed by atoms with Crippen molar-refractivity contribution in [3.8, 4) is 11.1 Å². The van der Waals surface area contributed by atoms with Crippen molar-refractivity contribution in [3.63, 3.8) is 0 Å². The van der Waals surface area contributed by atoms with Gasteiger partial charge in [-0.3, -0.25) is 0 Å². The Morgan fingerprint density at radius 2 is 1.41 bits per heavy atom. The van der Waals surface area contributed by atoms with Crippen molar-refractivity contribution in [2.75, 3.05) is 0 Å². The van der Waals surface area contributed by atoms with Crippen molar-refractivity contribution in [2.24, 2.45) is 0 Å². The van der Waals surface area contributed by atoms with Crippen molar-refractivity contribution in [1.29, 1.82) is 0 Å². The minimum absolute atomic E-state index is 0. The first-order valence-electron chi connectivity index (χ1n) is 7.09. The van der Waals surface area contributed by atoms with Gasteiger partial charge in [-0.1, -0.05) is 0 Å². The molecular weight excluding hydrogens is 390 g/mol. The quantitative estimate of drug-likeness (QED) is 0.579. The second-order valence-corrected chi connectivity index (χ2v) is 11.0. The Kier molecular flexibility index (Phi) is 5.78. The smallest absolute Gasteiger partial charge is 1.00 e. The van der Waals surface area contributed by atoms with Crippen LogP contribution in [0.25, 0.3) is 11.1 Å². The first kappa shape index (κ1) is 17.6. The molecule has 0 saturated carbocycles. The number of fused-ring (bicyclic) bond motifs is 3. The van der Waals surface area contributed by atoms with Crippen LogP contribution in [-0.4, -0.2) is 4.21 Å². The third-order valence-electron chi connectivity index (χ3n) is 4.37. The van der Waals surface area contributed by atoms with E-state index in [1.54, 1.807) is 3.28 Å². The van der Waals surface area contributed by atoms with E-state index in [9.17, 15) is 0 Å². The van der Waals surface area contributed by atoms with Crippen LogP contribution in [0.3, 0.4) is 0 Å². The molecule has 3 heteroatoms. The average Bonchev–Trinajstić information content (AvgIpc) is 3.13. The van der Waals surface area contributed by atoms with Gasteiger partial charge in [0.05, 0.1) is 0 Å². The fourth-order valence-electron chi connectivity index (χ4n) is 3.40. The van der Waals surface area contributed by atoms with E-state index in [4.69, 9.17) is 0 Å². The zero-order valence-corrected chi connectivity index (χ0v) is 16.1. The molecular formula is C19H16Cl2Zr. The predicted octanol–water partition coefficient (Wildman–Crippen LogP) is -1.34. The maximum absolute atomic E-state index is 4.69. The number of rotatable bonds is 2. The molecule has 4 rings (SSSR count). The van der Waals surface area contributed by atoms with Crippen LogP contribution in [0, 0.1) is 0 Å². The summed E-state index contributed by atoms with van der Waals surface area (Å²) >= 11 is -1.88. The molecule has 0 N–H and O–H groups in total. The molecule has 0 heterocycles. The van der Waals surface area contributed by atoms with Crippen LogP contribution < -0.4 is 24.8 Å². The van der Waals surface area contributed by atoms with Crippen LogP contribution in [0.2, 0.25) is 0 Å². The molecule has 0 fully saturated rings. The fourth-order valence-corrected chi connectivity index (χ4v) is 9.09. The average molecular weight is 406 g/mol. The van der Waals surface area contributed by atoms with Gasteiger partial charge in [-0.2, -0.15) is 0 Å². The molecule has 0 radical (unpaired) electrons. The van der Waals surface area contributed by atoms with E-state index in [0.29, 0.717) is 3.63 Å². The van der Waals surface area contributed by atoms with Crippen LogP contribution in [0.4, 0.5) is 0 Å². The van der Waals surface area contributed by atoms with Crippen molar-refractivity contribution in [2.45, 2.75) is 10.0 Å². The van der Waals surface area contributed by atoms with Crippen LogP contribution >= 0.6 is 0 Å².